The maximum atomic E-state index is 6.41. The summed E-state index contributed by atoms with van der Waals surface area (Å²) in [6.45, 7) is 1.24. The summed E-state index contributed by atoms with van der Waals surface area (Å²) < 4.78 is 8.92. The number of methoxy groups -OCH3 is 1. The zero-order chi connectivity index (χ0) is 14.7. The van der Waals surface area contributed by atoms with Gasteiger partial charge in [-0.05, 0) is 62.3 Å². The molecule has 7 heteroatoms. The summed E-state index contributed by atoms with van der Waals surface area (Å²) in [6.07, 6.45) is 1.75. The smallest absolute Gasteiger partial charge is 0.0745 e. The molecule has 0 aliphatic rings. The van der Waals surface area contributed by atoms with E-state index in [1.54, 1.807) is 13.3 Å². The lowest BCUT2D eigenvalue weighted by Gasteiger charge is -2.17. The Kier molecular flexibility index (Phi) is 5.85. The Labute approximate surface area is 144 Å². The van der Waals surface area contributed by atoms with Crippen LogP contribution in [0.5, 0.6) is 0 Å². The van der Waals surface area contributed by atoms with Gasteiger partial charge in [0.2, 0.25) is 0 Å². The van der Waals surface area contributed by atoms with Crippen molar-refractivity contribution in [1.29, 1.82) is 0 Å². The van der Waals surface area contributed by atoms with Crippen molar-refractivity contribution >= 4 is 50.1 Å². The average molecular weight is 471 g/mol. The molecule has 0 bridgehead atoms. The molecule has 108 valence electrons. The summed E-state index contributed by atoms with van der Waals surface area (Å²) in [4.78, 5) is 0. The molecule has 1 aromatic carbocycles. The Morgan fingerprint density at radius 2 is 2.30 bits per heavy atom. The molecule has 1 aromatic heterocycles. The molecule has 0 saturated carbocycles. The normalized spacial score (nSPS) is 12.7. The number of aromatic nitrogens is 2. The fraction of sp³-hybridized carbons (Fsp3) is 0.308. The number of ether oxygens (including phenoxy) is 1. The zero-order valence-electron chi connectivity index (χ0n) is 10.8. The van der Waals surface area contributed by atoms with E-state index in [9.17, 15) is 0 Å². The van der Waals surface area contributed by atoms with Gasteiger partial charge in [-0.15, -0.1) is 0 Å². The van der Waals surface area contributed by atoms with Gasteiger partial charge in [0.25, 0.3) is 0 Å². The predicted octanol–water partition coefficient (Wildman–Crippen LogP) is 3.60. The highest BCUT2D eigenvalue weighted by atomic mass is 127. The highest BCUT2D eigenvalue weighted by Crippen LogP contribution is 2.31. The zero-order valence-corrected chi connectivity index (χ0v) is 15.3. The minimum absolute atomic E-state index is 0.297. The fourth-order valence-electron chi connectivity index (χ4n) is 1.94. The molecule has 4 nitrogen and oxygen atoms in total. The van der Waals surface area contributed by atoms with E-state index < -0.39 is 0 Å². The van der Waals surface area contributed by atoms with E-state index in [4.69, 9.17) is 22.1 Å². The van der Waals surface area contributed by atoms with E-state index in [0.717, 1.165) is 19.3 Å². The minimum atomic E-state index is -0.297. The number of benzene rings is 1. The standard InChI is InChI=1S/C13H14BrClIN3O/c1-20-5-4-19-13(10(14)7-18-19)12(17)9-6-8(15)2-3-11(9)16/h2-3,6-7,12H,4-5,17H2,1H3. The number of hydrogen-bond donors (Lipinski definition) is 1. The van der Waals surface area contributed by atoms with Gasteiger partial charge >= 0.3 is 0 Å². The summed E-state index contributed by atoms with van der Waals surface area (Å²) >= 11 is 11.8. The summed E-state index contributed by atoms with van der Waals surface area (Å²) in [7, 11) is 1.66. The first kappa shape index (κ1) is 16.2. The first-order chi connectivity index (χ1) is 9.54. The van der Waals surface area contributed by atoms with Crippen LogP contribution < -0.4 is 5.73 Å². The largest absolute Gasteiger partial charge is 0.383 e. The molecule has 0 aliphatic carbocycles. The molecular formula is C13H14BrClIN3O. The molecular weight excluding hydrogens is 456 g/mol. The molecule has 0 fully saturated rings. The number of halogens is 3. The van der Waals surface area contributed by atoms with Crippen molar-refractivity contribution < 1.29 is 4.74 Å². The van der Waals surface area contributed by atoms with Crippen LogP contribution in [0.1, 0.15) is 17.3 Å². The molecule has 2 N–H and O–H groups in total. The van der Waals surface area contributed by atoms with Gasteiger partial charge in [-0.25, -0.2) is 0 Å². The van der Waals surface area contributed by atoms with Gasteiger partial charge in [-0.1, -0.05) is 11.6 Å². The summed E-state index contributed by atoms with van der Waals surface area (Å²) in [5.74, 6) is 0. The van der Waals surface area contributed by atoms with Gasteiger partial charge in [0.15, 0.2) is 0 Å². The van der Waals surface area contributed by atoms with Gasteiger partial charge in [0.1, 0.15) is 0 Å². The Hall–Kier alpha value is -0.150. The molecule has 2 rings (SSSR count). The number of rotatable bonds is 5. The second kappa shape index (κ2) is 7.22. The fourth-order valence-corrected chi connectivity index (χ4v) is 3.33. The van der Waals surface area contributed by atoms with Crippen LogP contribution in [0.4, 0.5) is 0 Å². The van der Waals surface area contributed by atoms with E-state index in [2.05, 4.69) is 43.6 Å². The number of nitrogens with zero attached hydrogens (tertiary/aromatic N) is 2. The third-order valence-electron chi connectivity index (χ3n) is 2.93. The molecule has 1 unspecified atom stereocenters. The Balaban J connectivity index is 2.39. The van der Waals surface area contributed by atoms with Crippen LogP contribution in [0.15, 0.2) is 28.9 Å². The third-order valence-corrected chi connectivity index (χ3v) is 4.76. The number of hydrogen-bond acceptors (Lipinski definition) is 3. The number of nitrogens with two attached hydrogens (primary N) is 1. The van der Waals surface area contributed by atoms with Crippen LogP contribution in [0, 0.1) is 3.57 Å². The van der Waals surface area contributed by atoms with Crippen molar-refractivity contribution in [3.05, 3.63) is 48.7 Å². The van der Waals surface area contributed by atoms with Crippen LogP contribution >= 0.6 is 50.1 Å². The monoisotopic (exact) mass is 469 g/mol. The molecule has 1 heterocycles. The molecule has 0 amide bonds. The molecule has 1 atom stereocenters. The second-order valence-electron chi connectivity index (χ2n) is 4.24. The van der Waals surface area contributed by atoms with E-state index in [-0.39, 0.29) is 6.04 Å². The Morgan fingerprint density at radius 1 is 1.55 bits per heavy atom. The molecule has 0 spiro atoms. The first-order valence-corrected chi connectivity index (χ1v) is 8.20. The maximum Gasteiger partial charge on any atom is 0.0745 e. The van der Waals surface area contributed by atoms with Crippen molar-refractivity contribution in [3.63, 3.8) is 0 Å². The van der Waals surface area contributed by atoms with E-state index in [1.165, 1.54) is 0 Å². The van der Waals surface area contributed by atoms with Crippen LogP contribution in [0.25, 0.3) is 0 Å². The third kappa shape index (κ3) is 3.54. The summed E-state index contributed by atoms with van der Waals surface area (Å²) in [5.41, 5.74) is 8.31. The topological polar surface area (TPSA) is 53.1 Å². The van der Waals surface area contributed by atoms with Gasteiger partial charge in [-0.3, -0.25) is 4.68 Å². The molecule has 0 radical (unpaired) electrons. The lowest BCUT2D eigenvalue weighted by molar-refractivity contribution is 0.182. The van der Waals surface area contributed by atoms with Crippen LogP contribution in [-0.4, -0.2) is 23.5 Å². The van der Waals surface area contributed by atoms with Gasteiger partial charge in [-0.2, -0.15) is 5.10 Å². The van der Waals surface area contributed by atoms with E-state index in [1.807, 2.05) is 22.9 Å². The van der Waals surface area contributed by atoms with Crippen molar-refractivity contribution in [1.82, 2.24) is 9.78 Å². The van der Waals surface area contributed by atoms with Gasteiger partial charge in [0.05, 0.1) is 35.6 Å². The molecule has 2 aromatic rings. The van der Waals surface area contributed by atoms with Crippen molar-refractivity contribution in [2.24, 2.45) is 5.73 Å². The van der Waals surface area contributed by atoms with Crippen LogP contribution in [0.2, 0.25) is 5.02 Å². The highest BCUT2D eigenvalue weighted by Gasteiger charge is 2.20. The van der Waals surface area contributed by atoms with Crippen LogP contribution in [0.3, 0.4) is 0 Å². The minimum Gasteiger partial charge on any atom is -0.383 e. The second-order valence-corrected chi connectivity index (χ2v) is 6.69. The van der Waals surface area contributed by atoms with Crippen molar-refractivity contribution in [2.45, 2.75) is 12.6 Å². The first-order valence-electron chi connectivity index (χ1n) is 5.95. The highest BCUT2D eigenvalue weighted by molar-refractivity contribution is 14.1. The lowest BCUT2D eigenvalue weighted by Crippen LogP contribution is -2.20. The van der Waals surface area contributed by atoms with Gasteiger partial charge < -0.3 is 10.5 Å². The molecule has 0 saturated heterocycles. The predicted molar refractivity (Wildman–Crippen MR) is 92.0 cm³/mol. The van der Waals surface area contributed by atoms with Crippen molar-refractivity contribution in [2.75, 3.05) is 13.7 Å². The van der Waals surface area contributed by atoms with Crippen molar-refractivity contribution in [3.8, 4) is 0 Å². The molecule has 20 heavy (non-hydrogen) atoms. The van der Waals surface area contributed by atoms with E-state index in [0.29, 0.717) is 18.2 Å². The molecule has 0 aliphatic heterocycles. The van der Waals surface area contributed by atoms with Gasteiger partial charge in [0, 0.05) is 15.7 Å². The summed E-state index contributed by atoms with van der Waals surface area (Å²) in [6, 6.07) is 5.42. The van der Waals surface area contributed by atoms with E-state index >= 15 is 0 Å². The Bertz CT molecular complexity index is 605. The SMILES string of the molecule is COCCn1ncc(Br)c1C(N)c1cc(Cl)ccc1I. The average Bonchev–Trinajstić information content (AvgIpc) is 2.79. The summed E-state index contributed by atoms with van der Waals surface area (Å²) in [5, 5.41) is 5.00. The Morgan fingerprint density at radius 3 is 3.00 bits per heavy atom. The quantitative estimate of drug-likeness (QED) is 0.680. The van der Waals surface area contributed by atoms with Crippen LogP contribution in [-0.2, 0) is 11.3 Å². The maximum absolute atomic E-state index is 6.41. The lowest BCUT2D eigenvalue weighted by atomic mass is 10.0.